The average molecular weight is 370 g/mol. The molecule has 0 radical (unpaired) electrons. The van der Waals surface area contributed by atoms with Crippen LogP contribution in [0.15, 0.2) is 22.7 Å². The Bertz CT molecular complexity index is 440. The molecule has 2 N–H and O–H groups in total. The molecule has 1 aromatic rings. The van der Waals surface area contributed by atoms with Crippen LogP contribution in [0.5, 0.6) is 0 Å². The van der Waals surface area contributed by atoms with Crippen molar-refractivity contribution in [2.75, 3.05) is 25.1 Å². The Labute approximate surface area is 131 Å². The predicted molar refractivity (Wildman–Crippen MR) is 82.3 cm³/mol. The SMILES string of the molecule is Cl.O=C(CC1COCCN1)Nc1ccc(Cl)c(Br)c1. The third-order valence-corrected chi connectivity index (χ3v) is 3.85. The normalized spacial score (nSPS) is 18.5. The Morgan fingerprint density at radius 2 is 2.37 bits per heavy atom. The number of nitrogens with one attached hydrogen (secondary N) is 2. The van der Waals surface area contributed by atoms with Gasteiger partial charge in [0.15, 0.2) is 0 Å². The van der Waals surface area contributed by atoms with E-state index in [-0.39, 0.29) is 24.4 Å². The summed E-state index contributed by atoms with van der Waals surface area (Å²) in [4.78, 5) is 11.8. The van der Waals surface area contributed by atoms with Crippen molar-refractivity contribution in [3.8, 4) is 0 Å². The summed E-state index contributed by atoms with van der Waals surface area (Å²) < 4.78 is 6.07. The van der Waals surface area contributed by atoms with Crippen LogP contribution in [0.1, 0.15) is 6.42 Å². The molecule has 106 valence electrons. The molecule has 1 fully saturated rings. The molecule has 0 aromatic heterocycles. The van der Waals surface area contributed by atoms with Crippen LogP contribution in [-0.2, 0) is 9.53 Å². The lowest BCUT2D eigenvalue weighted by molar-refractivity contribution is -0.117. The van der Waals surface area contributed by atoms with Crippen LogP contribution in [-0.4, -0.2) is 31.7 Å². The number of rotatable bonds is 3. The minimum absolute atomic E-state index is 0. The highest BCUT2D eigenvalue weighted by molar-refractivity contribution is 9.10. The Morgan fingerprint density at radius 3 is 3.00 bits per heavy atom. The summed E-state index contributed by atoms with van der Waals surface area (Å²) in [7, 11) is 0. The van der Waals surface area contributed by atoms with Gasteiger partial charge in [0, 0.05) is 29.2 Å². The van der Waals surface area contributed by atoms with E-state index in [0.717, 1.165) is 16.7 Å². The van der Waals surface area contributed by atoms with Gasteiger partial charge >= 0.3 is 0 Å². The Kier molecular flexibility index (Phi) is 7.10. The average Bonchev–Trinajstić information content (AvgIpc) is 2.35. The van der Waals surface area contributed by atoms with Crippen LogP contribution in [0.2, 0.25) is 5.02 Å². The number of hydrogen-bond acceptors (Lipinski definition) is 3. The second kappa shape index (κ2) is 8.07. The molecule has 2 rings (SSSR count). The first kappa shape index (κ1) is 16.7. The van der Waals surface area contributed by atoms with Gasteiger partial charge in [-0.1, -0.05) is 11.6 Å². The molecule has 19 heavy (non-hydrogen) atoms. The smallest absolute Gasteiger partial charge is 0.226 e. The van der Waals surface area contributed by atoms with Crippen molar-refractivity contribution in [1.29, 1.82) is 0 Å². The van der Waals surface area contributed by atoms with E-state index in [1.54, 1.807) is 18.2 Å². The molecular formula is C12H15BrCl2N2O2. The summed E-state index contributed by atoms with van der Waals surface area (Å²) in [6.45, 7) is 2.09. The number of benzene rings is 1. The molecule has 7 heteroatoms. The van der Waals surface area contributed by atoms with E-state index in [4.69, 9.17) is 16.3 Å². The van der Waals surface area contributed by atoms with E-state index in [2.05, 4.69) is 26.6 Å². The first-order chi connectivity index (χ1) is 8.65. The molecule has 1 heterocycles. The third-order valence-electron chi connectivity index (χ3n) is 2.63. The number of anilines is 1. The lowest BCUT2D eigenvalue weighted by atomic mass is 10.2. The topological polar surface area (TPSA) is 50.4 Å². The fourth-order valence-corrected chi connectivity index (χ4v) is 2.26. The van der Waals surface area contributed by atoms with Gasteiger partial charge in [-0.2, -0.15) is 0 Å². The van der Waals surface area contributed by atoms with Gasteiger partial charge in [-0.3, -0.25) is 4.79 Å². The molecule has 1 unspecified atom stereocenters. The first-order valence-electron chi connectivity index (χ1n) is 5.71. The van der Waals surface area contributed by atoms with Crippen molar-refractivity contribution in [2.24, 2.45) is 0 Å². The summed E-state index contributed by atoms with van der Waals surface area (Å²) in [6, 6.07) is 5.39. The molecule has 1 aliphatic heterocycles. The van der Waals surface area contributed by atoms with Crippen LogP contribution in [0.3, 0.4) is 0 Å². The highest BCUT2D eigenvalue weighted by Gasteiger charge is 2.16. The van der Waals surface area contributed by atoms with Crippen molar-refractivity contribution < 1.29 is 9.53 Å². The lowest BCUT2D eigenvalue weighted by Crippen LogP contribution is -2.43. The molecular weight excluding hydrogens is 355 g/mol. The van der Waals surface area contributed by atoms with Gasteiger partial charge < -0.3 is 15.4 Å². The minimum Gasteiger partial charge on any atom is -0.378 e. The predicted octanol–water partition coefficient (Wildman–Crippen LogP) is 2.84. The summed E-state index contributed by atoms with van der Waals surface area (Å²) in [5.74, 6) is -0.0350. The number of carbonyl (C=O) groups excluding carboxylic acids is 1. The monoisotopic (exact) mass is 368 g/mol. The molecule has 1 saturated heterocycles. The number of halogens is 3. The van der Waals surface area contributed by atoms with E-state index in [9.17, 15) is 4.79 Å². The quantitative estimate of drug-likeness (QED) is 0.861. The first-order valence-corrected chi connectivity index (χ1v) is 6.88. The number of amides is 1. The maximum absolute atomic E-state index is 11.8. The Balaban J connectivity index is 0.00000180. The maximum Gasteiger partial charge on any atom is 0.226 e. The highest BCUT2D eigenvalue weighted by Crippen LogP contribution is 2.25. The molecule has 1 amide bonds. The third kappa shape index (κ3) is 5.28. The van der Waals surface area contributed by atoms with Crippen LogP contribution < -0.4 is 10.6 Å². The summed E-state index contributed by atoms with van der Waals surface area (Å²) in [5, 5.41) is 6.69. The van der Waals surface area contributed by atoms with Gasteiger partial charge in [0.2, 0.25) is 5.91 Å². The van der Waals surface area contributed by atoms with E-state index < -0.39 is 0 Å². The second-order valence-corrected chi connectivity index (χ2v) is 5.37. The molecule has 0 spiro atoms. The molecule has 1 atom stereocenters. The van der Waals surface area contributed by atoms with Gasteiger partial charge in [0.25, 0.3) is 0 Å². The van der Waals surface area contributed by atoms with Crippen LogP contribution in [0, 0.1) is 0 Å². The van der Waals surface area contributed by atoms with E-state index >= 15 is 0 Å². The number of carbonyl (C=O) groups is 1. The zero-order valence-electron chi connectivity index (χ0n) is 10.1. The van der Waals surface area contributed by atoms with E-state index in [1.165, 1.54) is 0 Å². The summed E-state index contributed by atoms with van der Waals surface area (Å²) in [5.41, 5.74) is 0.730. The van der Waals surface area contributed by atoms with Gasteiger partial charge in [-0.25, -0.2) is 0 Å². The maximum atomic E-state index is 11.8. The molecule has 1 aromatic carbocycles. The molecule has 4 nitrogen and oxygen atoms in total. The number of ether oxygens (including phenoxy) is 1. The van der Waals surface area contributed by atoms with Gasteiger partial charge in [0.1, 0.15) is 0 Å². The van der Waals surface area contributed by atoms with Crippen molar-refractivity contribution >= 4 is 51.5 Å². The molecule has 0 bridgehead atoms. The minimum atomic E-state index is -0.0350. The molecule has 0 saturated carbocycles. The molecule has 1 aliphatic rings. The Morgan fingerprint density at radius 1 is 1.58 bits per heavy atom. The lowest BCUT2D eigenvalue weighted by Gasteiger charge is -2.23. The fraction of sp³-hybridized carbons (Fsp3) is 0.417. The van der Waals surface area contributed by atoms with Crippen molar-refractivity contribution in [3.63, 3.8) is 0 Å². The molecule has 0 aliphatic carbocycles. The highest BCUT2D eigenvalue weighted by atomic mass is 79.9. The van der Waals surface area contributed by atoms with E-state index in [0.29, 0.717) is 24.7 Å². The van der Waals surface area contributed by atoms with Crippen molar-refractivity contribution in [3.05, 3.63) is 27.7 Å². The zero-order chi connectivity index (χ0) is 13.0. The Hall–Kier alpha value is -0.330. The van der Waals surface area contributed by atoms with Gasteiger partial charge in [0.05, 0.1) is 18.2 Å². The van der Waals surface area contributed by atoms with Crippen LogP contribution in [0.4, 0.5) is 5.69 Å². The second-order valence-electron chi connectivity index (χ2n) is 4.11. The zero-order valence-corrected chi connectivity index (χ0v) is 13.3. The summed E-state index contributed by atoms with van der Waals surface area (Å²) in [6.07, 6.45) is 0.403. The standard InChI is InChI=1S/C12H14BrClN2O2.ClH/c13-10-5-8(1-2-11(10)14)16-12(17)6-9-7-18-4-3-15-9;/h1-2,5,9,15H,3-4,6-7H2,(H,16,17);1H. The number of morpholine rings is 1. The largest absolute Gasteiger partial charge is 0.378 e. The van der Waals surface area contributed by atoms with Crippen LogP contribution >= 0.6 is 39.9 Å². The summed E-state index contributed by atoms with van der Waals surface area (Å²) >= 11 is 9.21. The van der Waals surface area contributed by atoms with Gasteiger partial charge in [-0.05, 0) is 34.1 Å². The number of hydrogen-bond donors (Lipinski definition) is 2. The van der Waals surface area contributed by atoms with Crippen molar-refractivity contribution in [1.82, 2.24) is 5.32 Å². The van der Waals surface area contributed by atoms with E-state index in [1.807, 2.05) is 0 Å². The van der Waals surface area contributed by atoms with Crippen molar-refractivity contribution in [2.45, 2.75) is 12.5 Å². The van der Waals surface area contributed by atoms with Gasteiger partial charge in [-0.15, -0.1) is 12.4 Å². The fourth-order valence-electron chi connectivity index (χ4n) is 1.76. The van der Waals surface area contributed by atoms with Crippen LogP contribution in [0.25, 0.3) is 0 Å².